The van der Waals surface area contributed by atoms with Crippen molar-refractivity contribution in [3.8, 4) is 56.0 Å². The summed E-state index contributed by atoms with van der Waals surface area (Å²) in [5.41, 5.74) is 19.0. The van der Waals surface area contributed by atoms with Gasteiger partial charge in [0.15, 0.2) is 0 Å². The molecular weight excluding hydrogens is 823 g/mol. The lowest BCUT2D eigenvalue weighted by atomic mass is 9.82. The molecule has 1 aliphatic heterocycles. The summed E-state index contributed by atoms with van der Waals surface area (Å²) in [5, 5.41) is 4.61. The molecule has 0 saturated heterocycles. The molecule has 68 heavy (non-hydrogen) atoms. The van der Waals surface area contributed by atoms with Gasteiger partial charge in [-0.2, -0.15) is 0 Å². The number of ether oxygens (including phenoxy) is 1. The van der Waals surface area contributed by atoms with Crippen LogP contribution in [0.25, 0.3) is 66.1 Å². The summed E-state index contributed by atoms with van der Waals surface area (Å²) < 4.78 is 7.48. The van der Waals surface area contributed by atoms with Crippen molar-refractivity contribution < 1.29 is 4.74 Å². The van der Waals surface area contributed by atoms with Crippen molar-refractivity contribution in [2.75, 3.05) is 4.90 Å². The summed E-state index contributed by atoms with van der Waals surface area (Å²) in [6.45, 7) is 4.70. The van der Waals surface area contributed by atoms with Gasteiger partial charge in [-0.25, -0.2) is 0 Å². The minimum atomic E-state index is -0.0890. The minimum Gasteiger partial charge on any atom is -0.455 e. The van der Waals surface area contributed by atoms with Gasteiger partial charge in [-0.15, -0.1) is 0 Å². The van der Waals surface area contributed by atoms with E-state index < -0.39 is 0 Å². The Hall–Kier alpha value is -8.46. The average Bonchev–Trinajstić information content (AvgIpc) is 3.63. The number of anilines is 3. The second kappa shape index (κ2) is 15.9. The van der Waals surface area contributed by atoms with Crippen LogP contribution >= 0.6 is 0 Å². The van der Waals surface area contributed by atoms with Crippen LogP contribution in [0.15, 0.2) is 243 Å². The van der Waals surface area contributed by atoms with Gasteiger partial charge in [0.1, 0.15) is 11.5 Å². The molecule has 11 aromatic rings. The summed E-state index contributed by atoms with van der Waals surface area (Å²) >= 11 is 0. The Morgan fingerprint density at radius 3 is 1.72 bits per heavy atom. The van der Waals surface area contributed by atoms with Crippen LogP contribution in [-0.2, 0) is 5.41 Å². The fourth-order valence-electron chi connectivity index (χ4n) is 11.4. The first kappa shape index (κ1) is 39.9. The van der Waals surface area contributed by atoms with Crippen molar-refractivity contribution >= 4 is 38.6 Å². The molecule has 2 heteroatoms. The predicted octanol–water partition coefficient (Wildman–Crippen LogP) is 18.1. The van der Waals surface area contributed by atoms with E-state index in [2.05, 4.69) is 261 Å². The zero-order valence-electron chi connectivity index (χ0n) is 38.0. The molecule has 0 fully saturated rings. The molecule has 2 aliphatic rings. The highest BCUT2D eigenvalue weighted by atomic mass is 16.5. The molecule has 322 valence electrons. The SMILES string of the molecule is CC1(C)c2ccccc2-c2cc(N(c3ccc(-c4ccccc4)cc3)c3ccc(-c4ccc5cccc6c5c4Oc4c-6cccc4C(c4ccccc4)c4ccccc4)c4ccccc34)ccc21. The van der Waals surface area contributed by atoms with E-state index in [-0.39, 0.29) is 11.3 Å². The molecule has 0 aromatic heterocycles. The fraction of sp³-hybridized carbons (Fsp3) is 0.0606. The second-order valence-electron chi connectivity index (χ2n) is 18.8. The molecule has 2 nitrogen and oxygen atoms in total. The third-order valence-corrected chi connectivity index (χ3v) is 14.6. The topological polar surface area (TPSA) is 12.5 Å². The molecule has 11 aromatic carbocycles. The van der Waals surface area contributed by atoms with Gasteiger partial charge < -0.3 is 9.64 Å². The number of hydrogen-bond acceptors (Lipinski definition) is 2. The number of rotatable bonds is 8. The molecular formula is C66H47NO. The number of fused-ring (bicyclic) bond motifs is 6. The molecule has 0 unspecified atom stereocenters. The molecule has 0 radical (unpaired) electrons. The van der Waals surface area contributed by atoms with Crippen molar-refractivity contribution in [3.63, 3.8) is 0 Å². The van der Waals surface area contributed by atoms with E-state index in [1.54, 1.807) is 0 Å². The average molecular weight is 870 g/mol. The first-order valence-corrected chi connectivity index (χ1v) is 23.7. The smallest absolute Gasteiger partial charge is 0.143 e. The summed E-state index contributed by atoms with van der Waals surface area (Å²) in [5.74, 6) is 1.78. The third kappa shape index (κ3) is 6.32. The van der Waals surface area contributed by atoms with Gasteiger partial charge in [-0.1, -0.05) is 220 Å². The van der Waals surface area contributed by atoms with Crippen molar-refractivity contribution in [1.29, 1.82) is 0 Å². The van der Waals surface area contributed by atoms with Crippen LogP contribution in [0.5, 0.6) is 11.5 Å². The molecule has 1 aliphatic carbocycles. The fourth-order valence-corrected chi connectivity index (χ4v) is 11.4. The molecule has 1 heterocycles. The largest absolute Gasteiger partial charge is 0.455 e. The molecule has 0 bridgehead atoms. The summed E-state index contributed by atoms with van der Waals surface area (Å²) in [6, 6.07) is 88.7. The summed E-state index contributed by atoms with van der Waals surface area (Å²) in [6.07, 6.45) is 0. The number of para-hydroxylation sites is 1. The van der Waals surface area contributed by atoms with Crippen molar-refractivity contribution in [2.24, 2.45) is 0 Å². The second-order valence-corrected chi connectivity index (χ2v) is 18.8. The highest BCUT2D eigenvalue weighted by Gasteiger charge is 2.36. The molecule has 0 N–H and O–H groups in total. The normalized spacial score (nSPS) is 12.9. The van der Waals surface area contributed by atoms with E-state index in [0.717, 1.165) is 72.4 Å². The van der Waals surface area contributed by atoms with E-state index in [9.17, 15) is 0 Å². The number of hydrogen-bond donors (Lipinski definition) is 0. The maximum atomic E-state index is 7.48. The summed E-state index contributed by atoms with van der Waals surface area (Å²) in [7, 11) is 0. The van der Waals surface area contributed by atoms with Crippen LogP contribution in [0.4, 0.5) is 17.1 Å². The molecule has 13 rings (SSSR count). The zero-order valence-corrected chi connectivity index (χ0v) is 38.0. The monoisotopic (exact) mass is 869 g/mol. The van der Waals surface area contributed by atoms with Crippen molar-refractivity contribution in [2.45, 2.75) is 25.2 Å². The van der Waals surface area contributed by atoms with Crippen LogP contribution in [0.1, 0.15) is 47.6 Å². The Labute approximate surface area is 398 Å². The van der Waals surface area contributed by atoms with Crippen LogP contribution in [-0.4, -0.2) is 0 Å². The maximum absolute atomic E-state index is 7.48. The summed E-state index contributed by atoms with van der Waals surface area (Å²) in [4.78, 5) is 2.45. The van der Waals surface area contributed by atoms with Gasteiger partial charge in [0, 0.05) is 50.2 Å². The Morgan fingerprint density at radius 1 is 0.382 bits per heavy atom. The van der Waals surface area contributed by atoms with E-state index in [0.29, 0.717) is 0 Å². The first-order valence-electron chi connectivity index (χ1n) is 23.7. The lowest BCUT2D eigenvalue weighted by Gasteiger charge is -2.30. The Kier molecular flexibility index (Phi) is 9.30. The predicted molar refractivity (Wildman–Crippen MR) is 284 cm³/mol. The highest BCUT2D eigenvalue weighted by molar-refractivity contribution is 6.12. The minimum absolute atomic E-state index is 0.0214. The van der Waals surface area contributed by atoms with Crippen molar-refractivity contribution in [3.05, 3.63) is 270 Å². The molecule has 0 atom stereocenters. The van der Waals surface area contributed by atoms with E-state index >= 15 is 0 Å². The van der Waals surface area contributed by atoms with Gasteiger partial charge >= 0.3 is 0 Å². The number of benzene rings is 11. The van der Waals surface area contributed by atoms with E-state index in [1.807, 2.05) is 0 Å². The Morgan fingerprint density at radius 2 is 0.956 bits per heavy atom. The van der Waals surface area contributed by atoms with Crippen LogP contribution in [0.2, 0.25) is 0 Å². The van der Waals surface area contributed by atoms with Crippen LogP contribution < -0.4 is 9.64 Å². The van der Waals surface area contributed by atoms with Gasteiger partial charge in [0.2, 0.25) is 0 Å². The molecule has 0 amide bonds. The quantitative estimate of drug-likeness (QED) is 0.141. The van der Waals surface area contributed by atoms with E-state index in [1.165, 1.54) is 50.1 Å². The van der Waals surface area contributed by atoms with Gasteiger partial charge in [0.05, 0.1) is 5.69 Å². The lowest BCUT2D eigenvalue weighted by Crippen LogP contribution is -2.15. The molecule has 0 saturated carbocycles. The third-order valence-electron chi connectivity index (χ3n) is 14.6. The lowest BCUT2D eigenvalue weighted by molar-refractivity contribution is 0.481. The van der Waals surface area contributed by atoms with Gasteiger partial charge in [-0.05, 0) is 103 Å². The maximum Gasteiger partial charge on any atom is 0.143 e. The Bertz CT molecular complexity index is 3680. The van der Waals surface area contributed by atoms with Gasteiger partial charge in [-0.3, -0.25) is 0 Å². The highest BCUT2D eigenvalue weighted by Crippen LogP contribution is 2.56. The van der Waals surface area contributed by atoms with Gasteiger partial charge in [0.25, 0.3) is 0 Å². The van der Waals surface area contributed by atoms with E-state index in [4.69, 9.17) is 4.74 Å². The van der Waals surface area contributed by atoms with Crippen molar-refractivity contribution in [1.82, 2.24) is 0 Å². The van der Waals surface area contributed by atoms with Crippen LogP contribution in [0, 0.1) is 0 Å². The molecule has 0 spiro atoms. The standard InChI is InChI=1S/C66H47NO/c1-66(2)59-31-15-14-26-52(59)58-42-49(37-40-60(58)66)67(48-35-32-44(33-36-48)43-18-6-3-7-19-43)61-41-39-51(50-25-12-13-27-53(50)61)56-38-34-47-24-16-28-54-55-29-17-30-57(64(55)68-65(56)63(47)54)62(45-20-8-4-9-21-45)46-22-10-5-11-23-46/h3-42,62H,1-2H3. The zero-order chi connectivity index (χ0) is 45.3. The Balaban J connectivity index is 0.995. The van der Waals surface area contributed by atoms with Crippen LogP contribution in [0.3, 0.4) is 0 Å². The first-order chi connectivity index (χ1) is 33.5. The number of nitrogens with zero attached hydrogens (tertiary/aromatic N) is 1.